The molecule has 1 atom stereocenters. The lowest BCUT2D eigenvalue weighted by atomic mass is 9.91. The summed E-state index contributed by atoms with van der Waals surface area (Å²) in [5.41, 5.74) is 5.96. The molecule has 0 aromatic heterocycles. The minimum absolute atomic E-state index is 0.659. The van der Waals surface area contributed by atoms with Crippen LogP contribution >= 0.6 is 0 Å². The van der Waals surface area contributed by atoms with E-state index in [1.807, 2.05) is 0 Å². The summed E-state index contributed by atoms with van der Waals surface area (Å²) in [7, 11) is 0. The molecule has 1 aliphatic rings. The van der Waals surface area contributed by atoms with Gasteiger partial charge >= 0.3 is 0 Å². The van der Waals surface area contributed by atoms with Gasteiger partial charge in [-0.25, -0.2) is 0 Å². The SMILES string of the molecule is Cc1cc2c(cc1C)C(C)CNCC2. The highest BCUT2D eigenvalue weighted by atomic mass is 14.9. The summed E-state index contributed by atoms with van der Waals surface area (Å²) >= 11 is 0. The average molecular weight is 189 g/mol. The number of rotatable bonds is 0. The number of fused-ring (bicyclic) bond motifs is 1. The third-order valence-electron chi connectivity index (χ3n) is 3.31. The van der Waals surface area contributed by atoms with Crippen LogP contribution in [0.1, 0.15) is 35.1 Å². The summed E-state index contributed by atoms with van der Waals surface area (Å²) in [6.45, 7) is 8.97. The molecule has 1 aliphatic heterocycles. The first-order valence-electron chi connectivity index (χ1n) is 5.49. The van der Waals surface area contributed by atoms with E-state index < -0.39 is 0 Å². The van der Waals surface area contributed by atoms with Crippen LogP contribution in [0.3, 0.4) is 0 Å². The third kappa shape index (κ3) is 1.69. The zero-order chi connectivity index (χ0) is 10.1. The monoisotopic (exact) mass is 189 g/mol. The summed E-state index contributed by atoms with van der Waals surface area (Å²) in [6.07, 6.45) is 1.18. The summed E-state index contributed by atoms with van der Waals surface area (Å²) in [4.78, 5) is 0. The molecule has 0 spiro atoms. The molecule has 0 bridgehead atoms. The Kier molecular flexibility index (Phi) is 2.60. The third-order valence-corrected chi connectivity index (χ3v) is 3.31. The van der Waals surface area contributed by atoms with Gasteiger partial charge in [-0.05, 0) is 55.0 Å². The van der Waals surface area contributed by atoms with Gasteiger partial charge in [0, 0.05) is 6.54 Å². The first kappa shape index (κ1) is 9.72. The summed E-state index contributed by atoms with van der Waals surface area (Å²) in [6, 6.07) is 4.75. The molecule has 0 fully saturated rings. The lowest BCUT2D eigenvalue weighted by molar-refractivity contribution is 0.644. The minimum atomic E-state index is 0.659. The summed E-state index contributed by atoms with van der Waals surface area (Å²) in [5.74, 6) is 0.659. The molecule has 1 N–H and O–H groups in total. The molecule has 1 heteroatoms. The van der Waals surface area contributed by atoms with Crippen LogP contribution in [0, 0.1) is 13.8 Å². The molecule has 1 aromatic rings. The van der Waals surface area contributed by atoms with Crippen LogP contribution in [-0.2, 0) is 6.42 Å². The van der Waals surface area contributed by atoms with Crippen molar-refractivity contribution in [3.8, 4) is 0 Å². The minimum Gasteiger partial charge on any atom is -0.316 e. The van der Waals surface area contributed by atoms with Crippen molar-refractivity contribution >= 4 is 0 Å². The van der Waals surface area contributed by atoms with Gasteiger partial charge in [0.2, 0.25) is 0 Å². The molecule has 0 radical (unpaired) electrons. The molecule has 76 valence electrons. The number of benzene rings is 1. The van der Waals surface area contributed by atoms with Gasteiger partial charge in [0.05, 0.1) is 0 Å². The zero-order valence-electron chi connectivity index (χ0n) is 9.35. The molecule has 0 amide bonds. The van der Waals surface area contributed by atoms with Gasteiger partial charge in [0.15, 0.2) is 0 Å². The Morgan fingerprint density at radius 2 is 1.93 bits per heavy atom. The maximum atomic E-state index is 3.48. The quantitative estimate of drug-likeness (QED) is 0.661. The maximum absolute atomic E-state index is 3.48. The van der Waals surface area contributed by atoms with Gasteiger partial charge in [-0.3, -0.25) is 0 Å². The van der Waals surface area contributed by atoms with E-state index >= 15 is 0 Å². The molecule has 14 heavy (non-hydrogen) atoms. The van der Waals surface area contributed by atoms with E-state index in [1.54, 1.807) is 11.1 Å². The predicted octanol–water partition coefficient (Wildman–Crippen LogP) is 2.55. The second-order valence-corrected chi connectivity index (χ2v) is 4.49. The Hall–Kier alpha value is -0.820. The largest absolute Gasteiger partial charge is 0.316 e. The van der Waals surface area contributed by atoms with Crippen molar-refractivity contribution < 1.29 is 0 Å². The molecular weight excluding hydrogens is 170 g/mol. The fourth-order valence-corrected chi connectivity index (χ4v) is 2.23. The Morgan fingerprint density at radius 3 is 2.71 bits per heavy atom. The lowest BCUT2D eigenvalue weighted by Gasteiger charge is -2.14. The van der Waals surface area contributed by atoms with Crippen LogP contribution in [0.15, 0.2) is 12.1 Å². The molecule has 1 aromatic carbocycles. The van der Waals surface area contributed by atoms with Crippen LogP contribution in [0.5, 0.6) is 0 Å². The van der Waals surface area contributed by atoms with E-state index in [1.165, 1.54) is 17.5 Å². The first-order valence-corrected chi connectivity index (χ1v) is 5.49. The van der Waals surface area contributed by atoms with Gasteiger partial charge in [-0.2, -0.15) is 0 Å². The Morgan fingerprint density at radius 1 is 1.21 bits per heavy atom. The zero-order valence-corrected chi connectivity index (χ0v) is 9.35. The van der Waals surface area contributed by atoms with E-state index in [2.05, 4.69) is 38.2 Å². The highest BCUT2D eigenvalue weighted by Gasteiger charge is 2.14. The highest BCUT2D eigenvalue weighted by molar-refractivity contribution is 5.40. The van der Waals surface area contributed by atoms with Crippen LogP contribution in [0.25, 0.3) is 0 Å². The van der Waals surface area contributed by atoms with Crippen LogP contribution in [0.2, 0.25) is 0 Å². The highest BCUT2D eigenvalue weighted by Crippen LogP contribution is 2.25. The van der Waals surface area contributed by atoms with Crippen molar-refractivity contribution in [3.63, 3.8) is 0 Å². The molecule has 1 heterocycles. The maximum Gasteiger partial charge on any atom is 0.00177 e. The van der Waals surface area contributed by atoms with Crippen molar-refractivity contribution in [1.82, 2.24) is 5.32 Å². The predicted molar refractivity (Wildman–Crippen MR) is 60.9 cm³/mol. The molecular formula is C13H19N. The van der Waals surface area contributed by atoms with Gasteiger partial charge in [0.1, 0.15) is 0 Å². The number of nitrogens with one attached hydrogen (secondary N) is 1. The van der Waals surface area contributed by atoms with E-state index in [4.69, 9.17) is 0 Å². The van der Waals surface area contributed by atoms with Gasteiger partial charge in [-0.1, -0.05) is 19.1 Å². The fourth-order valence-electron chi connectivity index (χ4n) is 2.23. The van der Waals surface area contributed by atoms with Crippen LogP contribution < -0.4 is 5.32 Å². The number of aryl methyl sites for hydroxylation is 2. The standard InChI is InChI=1S/C13H19N/c1-9-6-12-4-5-14-8-11(3)13(12)7-10(9)2/h6-7,11,14H,4-5,8H2,1-3H3. The second-order valence-electron chi connectivity index (χ2n) is 4.49. The van der Waals surface area contributed by atoms with E-state index in [9.17, 15) is 0 Å². The second kappa shape index (κ2) is 3.74. The topological polar surface area (TPSA) is 12.0 Å². The molecule has 1 unspecified atom stereocenters. The Bertz CT molecular complexity index is 341. The van der Waals surface area contributed by atoms with E-state index in [-0.39, 0.29) is 0 Å². The summed E-state index contributed by atoms with van der Waals surface area (Å²) in [5, 5.41) is 3.48. The number of hydrogen-bond donors (Lipinski definition) is 1. The smallest absolute Gasteiger partial charge is 0.00177 e. The molecule has 1 nitrogen and oxygen atoms in total. The fraction of sp³-hybridized carbons (Fsp3) is 0.538. The van der Waals surface area contributed by atoms with Gasteiger partial charge in [0.25, 0.3) is 0 Å². The summed E-state index contributed by atoms with van der Waals surface area (Å²) < 4.78 is 0. The first-order chi connectivity index (χ1) is 6.68. The molecule has 0 saturated heterocycles. The van der Waals surface area contributed by atoms with Crippen molar-refractivity contribution in [2.24, 2.45) is 0 Å². The normalized spacial score (nSPS) is 21.5. The average Bonchev–Trinajstić information content (AvgIpc) is 2.31. The van der Waals surface area contributed by atoms with Crippen LogP contribution in [-0.4, -0.2) is 13.1 Å². The van der Waals surface area contributed by atoms with Gasteiger partial charge < -0.3 is 5.32 Å². The molecule has 2 rings (SSSR count). The molecule has 0 saturated carbocycles. The van der Waals surface area contributed by atoms with E-state index in [0.717, 1.165) is 13.1 Å². The molecule has 0 aliphatic carbocycles. The van der Waals surface area contributed by atoms with Crippen molar-refractivity contribution in [2.75, 3.05) is 13.1 Å². The van der Waals surface area contributed by atoms with Crippen LogP contribution in [0.4, 0.5) is 0 Å². The van der Waals surface area contributed by atoms with Crippen molar-refractivity contribution in [2.45, 2.75) is 33.1 Å². The Balaban J connectivity index is 2.49. The Labute approximate surface area is 86.5 Å². The lowest BCUT2D eigenvalue weighted by Crippen LogP contribution is -2.18. The van der Waals surface area contributed by atoms with Crippen molar-refractivity contribution in [1.29, 1.82) is 0 Å². The van der Waals surface area contributed by atoms with E-state index in [0.29, 0.717) is 5.92 Å². The number of hydrogen-bond acceptors (Lipinski definition) is 1. The van der Waals surface area contributed by atoms with Gasteiger partial charge in [-0.15, -0.1) is 0 Å². The van der Waals surface area contributed by atoms with Crippen molar-refractivity contribution in [3.05, 3.63) is 34.4 Å².